The van der Waals surface area contributed by atoms with E-state index in [0.717, 1.165) is 6.42 Å². The average molecular weight is 208 g/mol. The van der Waals surface area contributed by atoms with Gasteiger partial charge in [-0.3, -0.25) is 4.79 Å². The molecule has 0 fully saturated rings. The second-order valence-electron chi connectivity index (χ2n) is 3.72. The molecule has 1 rings (SSSR count). The van der Waals surface area contributed by atoms with Crippen LogP contribution in [0.15, 0.2) is 18.5 Å². The van der Waals surface area contributed by atoms with E-state index < -0.39 is 0 Å². The minimum atomic E-state index is -0.141. The van der Waals surface area contributed by atoms with Crippen molar-refractivity contribution in [2.24, 2.45) is 5.73 Å². The lowest BCUT2D eigenvalue weighted by atomic mass is 10.1. The number of carbonyl (C=O) groups is 1. The lowest BCUT2D eigenvalue weighted by Crippen LogP contribution is -2.36. The number of nitrogens with two attached hydrogens (primary N) is 1. The van der Waals surface area contributed by atoms with E-state index in [1.165, 1.54) is 12.4 Å². The average Bonchev–Trinajstić information content (AvgIpc) is 2.17. The Morgan fingerprint density at radius 2 is 2.27 bits per heavy atom. The summed E-state index contributed by atoms with van der Waals surface area (Å²) < 4.78 is 0. The third-order valence-corrected chi connectivity index (χ3v) is 1.95. The Morgan fingerprint density at radius 3 is 2.80 bits per heavy atom. The molecule has 0 bridgehead atoms. The lowest BCUT2D eigenvalue weighted by molar-refractivity contribution is 0.0937. The Morgan fingerprint density at radius 1 is 1.53 bits per heavy atom. The zero-order valence-electron chi connectivity index (χ0n) is 8.97. The number of amides is 1. The molecule has 0 saturated carbocycles. The molecule has 15 heavy (non-hydrogen) atoms. The molecule has 1 heterocycles. The van der Waals surface area contributed by atoms with Crippen LogP contribution < -0.4 is 11.1 Å². The van der Waals surface area contributed by atoms with Crippen LogP contribution in [0.4, 0.5) is 0 Å². The summed E-state index contributed by atoms with van der Waals surface area (Å²) in [6.45, 7) is 3.84. The van der Waals surface area contributed by atoms with E-state index in [1.54, 1.807) is 6.07 Å². The highest BCUT2D eigenvalue weighted by Crippen LogP contribution is 1.98. The van der Waals surface area contributed by atoms with Crippen molar-refractivity contribution in [3.8, 4) is 0 Å². The van der Waals surface area contributed by atoms with Crippen LogP contribution in [0.25, 0.3) is 0 Å². The first-order valence-electron chi connectivity index (χ1n) is 4.92. The number of hydrogen-bond acceptors (Lipinski definition) is 4. The molecule has 5 nitrogen and oxygen atoms in total. The van der Waals surface area contributed by atoms with Crippen LogP contribution in [0, 0.1) is 0 Å². The van der Waals surface area contributed by atoms with Gasteiger partial charge in [0.1, 0.15) is 0 Å². The Hall–Kier alpha value is -1.49. The van der Waals surface area contributed by atoms with Crippen molar-refractivity contribution in [1.82, 2.24) is 15.5 Å². The topological polar surface area (TPSA) is 80.9 Å². The summed E-state index contributed by atoms with van der Waals surface area (Å²) in [6.07, 6.45) is 3.68. The molecule has 0 aliphatic heterocycles. The van der Waals surface area contributed by atoms with Gasteiger partial charge < -0.3 is 11.1 Å². The van der Waals surface area contributed by atoms with Crippen LogP contribution in [-0.2, 0) is 0 Å². The molecule has 0 aromatic carbocycles. The van der Waals surface area contributed by atoms with Gasteiger partial charge in [-0.2, -0.15) is 10.2 Å². The molecular weight excluding hydrogens is 192 g/mol. The standard InChI is InChI=1S/C10H16N4O/c1-7(11)5-8(2)14-10(15)9-3-4-12-13-6-9/h3-4,6-8H,5,11H2,1-2H3,(H,14,15). The molecule has 1 amide bonds. The maximum absolute atomic E-state index is 11.6. The minimum absolute atomic E-state index is 0.0608. The highest BCUT2D eigenvalue weighted by Gasteiger charge is 2.10. The van der Waals surface area contributed by atoms with Gasteiger partial charge in [-0.25, -0.2) is 0 Å². The van der Waals surface area contributed by atoms with Crippen LogP contribution in [0.5, 0.6) is 0 Å². The molecule has 5 heteroatoms. The van der Waals surface area contributed by atoms with E-state index in [0.29, 0.717) is 5.56 Å². The van der Waals surface area contributed by atoms with Gasteiger partial charge in [0.2, 0.25) is 0 Å². The predicted molar refractivity (Wildman–Crippen MR) is 57.2 cm³/mol. The lowest BCUT2D eigenvalue weighted by Gasteiger charge is -2.15. The fourth-order valence-electron chi connectivity index (χ4n) is 1.35. The molecule has 1 aromatic heterocycles. The zero-order valence-corrected chi connectivity index (χ0v) is 8.97. The fraction of sp³-hybridized carbons (Fsp3) is 0.500. The van der Waals surface area contributed by atoms with Crippen molar-refractivity contribution >= 4 is 5.91 Å². The highest BCUT2D eigenvalue weighted by atomic mass is 16.1. The van der Waals surface area contributed by atoms with E-state index in [9.17, 15) is 4.79 Å². The molecule has 2 unspecified atom stereocenters. The first-order chi connectivity index (χ1) is 7.09. The summed E-state index contributed by atoms with van der Waals surface area (Å²) >= 11 is 0. The van der Waals surface area contributed by atoms with Crippen molar-refractivity contribution in [3.05, 3.63) is 24.0 Å². The van der Waals surface area contributed by atoms with Crippen LogP contribution in [0.2, 0.25) is 0 Å². The Labute approximate surface area is 89.1 Å². The summed E-state index contributed by atoms with van der Waals surface area (Å²) in [7, 11) is 0. The molecule has 0 aliphatic carbocycles. The largest absolute Gasteiger partial charge is 0.349 e. The van der Waals surface area contributed by atoms with E-state index in [-0.39, 0.29) is 18.0 Å². The van der Waals surface area contributed by atoms with Gasteiger partial charge >= 0.3 is 0 Å². The van der Waals surface area contributed by atoms with Crippen LogP contribution >= 0.6 is 0 Å². The summed E-state index contributed by atoms with van der Waals surface area (Å²) in [5, 5.41) is 10.1. The zero-order chi connectivity index (χ0) is 11.3. The van der Waals surface area contributed by atoms with E-state index in [4.69, 9.17) is 5.73 Å². The second kappa shape index (κ2) is 5.41. The summed E-state index contributed by atoms with van der Waals surface area (Å²) in [5.41, 5.74) is 6.15. The first kappa shape index (κ1) is 11.6. The quantitative estimate of drug-likeness (QED) is 0.747. The van der Waals surface area contributed by atoms with E-state index in [2.05, 4.69) is 15.5 Å². The second-order valence-corrected chi connectivity index (χ2v) is 3.72. The number of hydrogen-bond donors (Lipinski definition) is 2. The van der Waals surface area contributed by atoms with Gasteiger partial charge in [-0.05, 0) is 26.3 Å². The first-order valence-corrected chi connectivity index (χ1v) is 4.92. The number of nitrogens with one attached hydrogen (secondary N) is 1. The summed E-state index contributed by atoms with van der Waals surface area (Å²) in [4.78, 5) is 11.6. The maximum atomic E-state index is 11.6. The number of aromatic nitrogens is 2. The van der Waals surface area contributed by atoms with E-state index >= 15 is 0 Å². The normalized spacial score (nSPS) is 14.3. The van der Waals surface area contributed by atoms with Gasteiger partial charge in [0.25, 0.3) is 5.91 Å². The molecule has 0 saturated heterocycles. The third-order valence-electron chi connectivity index (χ3n) is 1.95. The van der Waals surface area contributed by atoms with Crippen molar-refractivity contribution < 1.29 is 4.79 Å². The molecule has 0 radical (unpaired) electrons. The van der Waals surface area contributed by atoms with Crippen LogP contribution in [-0.4, -0.2) is 28.2 Å². The van der Waals surface area contributed by atoms with Gasteiger partial charge in [-0.15, -0.1) is 0 Å². The van der Waals surface area contributed by atoms with Crippen molar-refractivity contribution in [2.45, 2.75) is 32.4 Å². The molecule has 1 aromatic rings. The summed E-state index contributed by atoms with van der Waals surface area (Å²) in [5.74, 6) is -0.141. The van der Waals surface area contributed by atoms with Crippen molar-refractivity contribution in [3.63, 3.8) is 0 Å². The minimum Gasteiger partial charge on any atom is -0.349 e. The Balaban J connectivity index is 2.49. The van der Waals surface area contributed by atoms with Crippen molar-refractivity contribution in [1.29, 1.82) is 0 Å². The Bertz CT molecular complexity index is 312. The summed E-state index contributed by atoms with van der Waals surface area (Å²) in [6, 6.07) is 1.77. The Kier molecular flexibility index (Phi) is 4.17. The molecule has 0 aliphatic rings. The smallest absolute Gasteiger partial charge is 0.253 e. The monoisotopic (exact) mass is 208 g/mol. The van der Waals surface area contributed by atoms with Crippen molar-refractivity contribution in [2.75, 3.05) is 0 Å². The number of nitrogens with zero attached hydrogens (tertiary/aromatic N) is 2. The van der Waals surface area contributed by atoms with E-state index in [1.807, 2.05) is 13.8 Å². The molecule has 82 valence electrons. The molecule has 3 N–H and O–H groups in total. The molecule has 2 atom stereocenters. The van der Waals surface area contributed by atoms with Crippen LogP contribution in [0.1, 0.15) is 30.6 Å². The van der Waals surface area contributed by atoms with Crippen LogP contribution in [0.3, 0.4) is 0 Å². The predicted octanol–water partition coefficient (Wildman–Crippen LogP) is 0.332. The molecular formula is C10H16N4O. The third kappa shape index (κ3) is 4.03. The van der Waals surface area contributed by atoms with Gasteiger partial charge in [-0.1, -0.05) is 0 Å². The maximum Gasteiger partial charge on any atom is 0.253 e. The van der Waals surface area contributed by atoms with Gasteiger partial charge in [0, 0.05) is 12.1 Å². The number of carbonyl (C=O) groups excluding carboxylic acids is 1. The molecule has 0 spiro atoms. The fourth-order valence-corrected chi connectivity index (χ4v) is 1.35. The highest BCUT2D eigenvalue weighted by molar-refractivity contribution is 5.93. The van der Waals surface area contributed by atoms with Gasteiger partial charge in [0.05, 0.1) is 18.0 Å². The van der Waals surface area contributed by atoms with Gasteiger partial charge in [0.15, 0.2) is 0 Å². The number of rotatable bonds is 4. The SMILES string of the molecule is CC(N)CC(C)NC(=O)c1ccnnc1.